The number of fused-ring (bicyclic) bond motifs is 1. The van der Waals surface area contributed by atoms with Crippen LogP contribution in [-0.2, 0) is 19.6 Å². The molecular weight excluding hydrogens is 334 g/mol. The molecule has 0 spiro atoms. The Morgan fingerprint density at radius 3 is 2.36 bits per heavy atom. The summed E-state index contributed by atoms with van der Waals surface area (Å²) in [4.78, 5) is 11.4. The summed E-state index contributed by atoms with van der Waals surface area (Å²) in [6, 6.07) is 2.64. The van der Waals surface area contributed by atoms with Gasteiger partial charge in [0.25, 0.3) is 0 Å². The Hall–Kier alpha value is -1.51. The van der Waals surface area contributed by atoms with Crippen LogP contribution >= 0.6 is 11.6 Å². The molecule has 0 bridgehead atoms. The fourth-order valence-electron chi connectivity index (χ4n) is 1.94. The SMILES string of the molecule is COC(=O)C(C)(C)NS(=O)(=O)c1cc2c(cc1Cl)OCCO2. The Bertz CT molecular complexity index is 701. The second kappa shape index (κ2) is 5.94. The fraction of sp³-hybridized carbons (Fsp3) is 0.462. The predicted molar refractivity (Wildman–Crippen MR) is 78.9 cm³/mol. The number of ether oxygens (including phenoxy) is 3. The van der Waals surface area contributed by atoms with E-state index in [2.05, 4.69) is 9.46 Å². The Morgan fingerprint density at radius 2 is 1.82 bits per heavy atom. The molecule has 122 valence electrons. The van der Waals surface area contributed by atoms with Gasteiger partial charge in [0.2, 0.25) is 10.0 Å². The lowest BCUT2D eigenvalue weighted by molar-refractivity contribution is -0.146. The first kappa shape index (κ1) is 16.9. The monoisotopic (exact) mass is 349 g/mol. The highest BCUT2D eigenvalue weighted by molar-refractivity contribution is 7.89. The minimum atomic E-state index is -4.06. The van der Waals surface area contributed by atoms with Gasteiger partial charge in [-0.15, -0.1) is 0 Å². The van der Waals surface area contributed by atoms with Crippen LogP contribution in [0.15, 0.2) is 17.0 Å². The van der Waals surface area contributed by atoms with E-state index in [0.29, 0.717) is 19.0 Å². The van der Waals surface area contributed by atoms with E-state index < -0.39 is 21.5 Å². The normalized spacial score (nSPS) is 14.5. The van der Waals surface area contributed by atoms with E-state index in [1.807, 2.05) is 0 Å². The molecule has 0 saturated carbocycles. The van der Waals surface area contributed by atoms with Gasteiger partial charge in [-0.05, 0) is 13.8 Å². The van der Waals surface area contributed by atoms with E-state index in [9.17, 15) is 13.2 Å². The molecule has 0 aliphatic carbocycles. The summed E-state index contributed by atoms with van der Waals surface area (Å²) in [5, 5.41) is -0.0302. The number of sulfonamides is 1. The van der Waals surface area contributed by atoms with Crippen molar-refractivity contribution >= 4 is 27.6 Å². The zero-order valence-electron chi connectivity index (χ0n) is 12.3. The molecule has 0 atom stereocenters. The van der Waals surface area contributed by atoms with E-state index in [1.165, 1.54) is 33.1 Å². The van der Waals surface area contributed by atoms with Crippen molar-refractivity contribution in [3.8, 4) is 11.5 Å². The molecule has 7 nitrogen and oxygen atoms in total. The molecule has 22 heavy (non-hydrogen) atoms. The maximum absolute atomic E-state index is 12.5. The first-order chi connectivity index (χ1) is 10.2. The fourth-order valence-corrected chi connectivity index (χ4v) is 3.84. The molecule has 1 N–H and O–H groups in total. The summed E-state index contributed by atoms with van der Waals surface area (Å²) in [5.74, 6) is -0.0564. The molecule has 1 aromatic rings. The van der Waals surface area contributed by atoms with Gasteiger partial charge in [0.15, 0.2) is 11.5 Å². The van der Waals surface area contributed by atoms with Crippen molar-refractivity contribution in [1.29, 1.82) is 0 Å². The standard InChI is InChI=1S/C13H16ClNO6S/c1-13(2,12(16)19-3)15-22(17,18)11-7-10-9(6-8(11)14)20-4-5-21-10/h6-7,15H,4-5H2,1-3H3. The van der Waals surface area contributed by atoms with Crippen molar-refractivity contribution in [2.45, 2.75) is 24.3 Å². The second-order valence-corrected chi connectivity index (χ2v) is 7.21. The lowest BCUT2D eigenvalue weighted by atomic mass is 10.1. The van der Waals surface area contributed by atoms with Gasteiger partial charge in [0, 0.05) is 12.1 Å². The van der Waals surface area contributed by atoms with Gasteiger partial charge in [0.1, 0.15) is 23.6 Å². The molecule has 0 fully saturated rings. The number of halogens is 1. The first-order valence-electron chi connectivity index (χ1n) is 6.39. The van der Waals surface area contributed by atoms with E-state index in [0.717, 1.165) is 0 Å². The average Bonchev–Trinajstić information content (AvgIpc) is 2.44. The van der Waals surface area contributed by atoms with Crippen molar-refractivity contribution in [2.24, 2.45) is 0 Å². The zero-order valence-corrected chi connectivity index (χ0v) is 13.9. The van der Waals surface area contributed by atoms with E-state index in [4.69, 9.17) is 21.1 Å². The van der Waals surface area contributed by atoms with Gasteiger partial charge in [-0.25, -0.2) is 8.42 Å². The second-order valence-electron chi connectivity index (χ2n) is 5.15. The van der Waals surface area contributed by atoms with Crippen LogP contribution in [0.5, 0.6) is 11.5 Å². The molecule has 1 aliphatic rings. The third kappa shape index (κ3) is 3.29. The third-order valence-corrected chi connectivity index (χ3v) is 5.09. The Balaban J connectivity index is 2.40. The summed E-state index contributed by atoms with van der Waals surface area (Å²) < 4.78 is 42.5. The summed E-state index contributed by atoms with van der Waals surface area (Å²) in [6.07, 6.45) is 0. The van der Waals surface area contributed by atoms with E-state index in [-0.39, 0.29) is 15.7 Å². The number of hydrogen-bond donors (Lipinski definition) is 1. The quantitative estimate of drug-likeness (QED) is 0.825. The summed E-state index contributed by atoms with van der Waals surface area (Å²) >= 11 is 6.02. The van der Waals surface area contributed by atoms with Crippen LogP contribution in [0.2, 0.25) is 5.02 Å². The van der Waals surface area contributed by atoms with Crippen molar-refractivity contribution in [2.75, 3.05) is 20.3 Å². The minimum absolute atomic E-state index is 0.0302. The molecule has 2 rings (SSSR count). The molecule has 0 radical (unpaired) electrons. The topological polar surface area (TPSA) is 90.9 Å². The molecule has 1 aliphatic heterocycles. The Kier molecular flexibility index (Phi) is 4.55. The van der Waals surface area contributed by atoms with Crippen molar-refractivity contribution in [3.05, 3.63) is 17.2 Å². The van der Waals surface area contributed by atoms with Crippen molar-refractivity contribution in [3.63, 3.8) is 0 Å². The third-order valence-electron chi connectivity index (χ3n) is 2.97. The van der Waals surface area contributed by atoms with E-state index >= 15 is 0 Å². The number of esters is 1. The molecule has 0 amide bonds. The highest BCUT2D eigenvalue weighted by Gasteiger charge is 2.35. The van der Waals surface area contributed by atoms with Crippen LogP contribution in [0.1, 0.15) is 13.8 Å². The largest absolute Gasteiger partial charge is 0.486 e. The average molecular weight is 350 g/mol. The molecule has 0 aromatic heterocycles. The smallest absolute Gasteiger partial charge is 0.326 e. The molecule has 1 aromatic carbocycles. The van der Waals surface area contributed by atoms with Crippen LogP contribution in [0, 0.1) is 0 Å². The maximum atomic E-state index is 12.5. The highest BCUT2D eigenvalue weighted by Crippen LogP contribution is 2.37. The Morgan fingerprint density at radius 1 is 1.27 bits per heavy atom. The maximum Gasteiger partial charge on any atom is 0.326 e. The summed E-state index contributed by atoms with van der Waals surface area (Å²) in [7, 11) is -2.88. The number of carbonyl (C=O) groups is 1. The number of hydrogen-bond acceptors (Lipinski definition) is 6. The first-order valence-corrected chi connectivity index (χ1v) is 8.25. The predicted octanol–water partition coefficient (Wildman–Crippen LogP) is 1.34. The van der Waals surface area contributed by atoms with Gasteiger partial charge < -0.3 is 14.2 Å². The molecule has 1 heterocycles. The highest BCUT2D eigenvalue weighted by atomic mass is 35.5. The molecular formula is C13H16ClNO6S. The van der Waals surface area contributed by atoms with Crippen molar-refractivity contribution < 1.29 is 27.4 Å². The molecule has 0 saturated heterocycles. The van der Waals surface area contributed by atoms with Crippen LogP contribution in [0.4, 0.5) is 0 Å². The Labute approximate surface area is 133 Å². The number of benzene rings is 1. The molecule has 0 unspecified atom stereocenters. The van der Waals surface area contributed by atoms with Gasteiger partial charge >= 0.3 is 5.97 Å². The summed E-state index contributed by atoms with van der Waals surface area (Å²) in [6.45, 7) is 3.46. The van der Waals surface area contributed by atoms with Crippen LogP contribution < -0.4 is 14.2 Å². The van der Waals surface area contributed by atoms with Gasteiger partial charge in [-0.2, -0.15) is 4.72 Å². The van der Waals surface area contributed by atoms with Gasteiger partial charge in [0.05, 0.1) is 12.1 Å². The van der Waals surface area contributed by atoms with Crippen LogP contribution in [0.25, 0.3) is 0 Å². The lowest BCUT2D eigenvalue weighted by Gasteiger charge is -2.24. The number of methoxy groups -OCH3 is 1. The van der Waals surface area contributed by atoms with E-state index in [1.54, 1.807) is 0 Å². The summed E-state index contributed by atoms with van der Waals surface area (Å²) in [5.41, 5.74) is -1.44. The van der Waals surface area contributed by atoms with Crippen LogP contribution in [-0.4, -0.2) is 40.2 Å². The number of rotatable bonds is 4. The lowest BCUT2D eigenvalue weighted by Crippen LogP contribution is -2.50. The number of nitrogens with one attached hydrogen (secondary N) is 1. The zero-order chi connectivity index (χ0) is 16.5. The van der Waals surface area contributed by atoms with Gasteiger partial charge in [-0.1, -0.05) is 11.6 Å². The van der Waals surface area contributed by atoms with Gasteiger partial charge in [-0.3, -0.25) is 4.79 Å². The minimum Gasteiger partial charge on any atom is -0.486 e. The van der Waals surface area contributed by atoms with Crippen molar-refractivity contribution in [1.82, 2.24) is 4.72 Å². The van der Waals surface area contributed by atoms with Crippen LogP contribution in [0.3, 0.4) is 0 Å². The number of carbonyl (C=O) groups excluding carboxylic acids is 1. The molecule has 9 heteroatoms.